The first-order valence-corrected chi connectivity index (χ1v) is 7.77. The van der Waals surface area contributed by atoms with Crippen LogP contribution in [0, 0.1) is 13.8 Å². The van der Waals surface area contributed by atoms with Crippen LogP contribution in [0.25, 0.3) is 10.2 Å². The van der Waals surface area contributed by atoms with E-state index in [2.05, 4.69) is 27.1 Å². The molecule has 3 aromatic heterocycles. The Hall–Kier alpha value is -1.80. The molecular weight excluding hydrogens is 294 g/mol. The molecule has 6 nitrogen and oxygen atoms in total. The molecule has 0 bridgehead atoms. The number of rotatable bonds is 3. The van der Waals surface area contributed by atoms with Gasteiger partial charge in [-0.05, 0) is 19.4 Å². The number of thiophene rings is 1. The van der Waals surface area contributed by atoms with Crippen molar-refractivity contribution in [3.63, 3.8) is 0 Å². The van der Waals surface area contributed by atoms with E-state index in [-0.39, 0.29) is 5.56 Å². The topological polar surface area (TPSA) is 100 Å². The lowest BCUT2D eigenvalue weighted by Gasteiger charge is -2.02. The Morgan fingerprint density at radius 3 is 2.85 bits per heavy atom. The van der Waals surface area contributed by atoms with Crippen LogP contribution < -0.4 is 11.3 Å². The van der Waals surface area contributed by atoms with Crippen molar-refractivity contribution in [1.29, 1.82) is 0 Å². The standard InChI is InChI=1S/C12H13N5OS2/c1-5-6(2)20-11-9(5)10(13)14-12(15-11)19-4-7-3-8(18)17-16-7/h3H,4H2,1-2H3,(H2,13,14,15)(H2,16,17,18). The number of H-pyrrole nitrogens is 2. The number of hydrogen-bond acceptors (Lipinski definition) is 6. The Kier molecular flexibility index (Phi) is 3.27. The molecule has 0 saturated heterocycles. The number of aromatic nitrogens is 4. The monoisotopic (exact) mass is 307 g/mol. The van der Waals surface area contributed by atoms with Crippen molar-refractivity contribution in [3.8, 4) is 0 Å². The van der Waals surface area contributed by atoms with E-state index in [1.807, 2.05) is 6.92 Å². The van der Waals surface area contributed by atoms with Crippen molar-refractivity contribution in [2.75, 3.05) is 5.73 Å². The number of aromatic amines is 2. The van der Waals surface area contributed by atoms with Gasteiger partial charge in [0.15, 0.2) is 5.16 Å². The normalized spacial score (nSPS) is 11.3. The fraction of sp³-hybridized carbons (Fsp3) is 0.250. The van der Waals surface area contributed by atoms with Crippen LogP contribution >= 0.6 is 23.1 Å². The third-order valence-corrected chi connectivity index (χ3v) is 5.04. The lowest BCUT2D eigenvalue weighted by Crippen LogP contribution is -1.96. The number of thioether (sulfide) groups is 1. The first kappa shape index (κ1) is 13.2. The third-order valence-electron chi connectivity index (χ3n) is 3.04. The predicted molar refractivity (Wildman–Crippen MR) is 82.3 cm³/mol. The highest BCUT2D eigenvalue weighted by molar-refractivity contribution is 7.98. The van der Waals surface area contributed by atoms with Crippen molar-refractivity contribution in [1.82, 2.24) is 20.2 Å². The molecule has 0 radical (unpaired) electrons. The molecule has 104 valence electrons. The molecule has 3 heterocycles. The molecule has 0 aromatic carbocycles. The summed E-state index contributed by atoms with van der Waals surface area (Å²) in [5.74, 6) is 1.11. The van der Waals surface area contributed by atoms with Crippen molar-refractivity contribution in [2.24, 2.45) is 0 Å². The average Bonchev–Trinajstić information content (AvgIpc) is 2.92. The molecule has 0 spiro atoms. The largest absolute Gasteiger partial charge is 0.383 e. The van der Waals surface area contributed by atoms with E-state index in [0.29, 0.717) is 16.7 Å². The minimum Gasteiger partial charge on any atom is -0.383 e. The van der Waals surface area contributed by atoms with Gasteiger partial charge in [-0.15, -0.1) is 11.3 Å². The first-order chi connectivity index (χ1) is 9.54. The minimum absolute atomic E-state index is 0.138. The van der Waals surface area contributed by atoms with Gasteiger partial charge >= 0.3 is 0 Å². The van der Waals surface area contributed by atoms with E-state index in [9.17, 15) is 4.79 Å². The molecule has 0 fully saturated rings. The maximum absolute atomic E-state index is 11.0. The lowest BCUT2D eigenvalue weighted by molar-refractivity contribution is 0.997. The summed E-state index contributed by atoms with van der Waals surface area (Å²) < 4.78 is 0. The molecule has 8 heteroatoms. The van der Waals surface area contributed by atoms with Crippen LogP contribution in [-0.2, 0) is 5.75 Å². The number of fused-ring (bicyclic) bond motifs is 1. The van der Waals surface area contributed by atoms with Gasteiger partial charge < -0.3 is 10.8 Å². The number of nitrogens with zero attached hydrogens (tertiary/aromatic N) is 2. The molecular formula is C12H13N5OS2. The zero-order valence-electron chi connectivity index (χ0n) is 11.0. The van der Waals surface area contributed by atoms with Crippen molar-refractivity contribution in [3.05, 3.63) is 32.6 Å². The Morgan fingerprint density at radius 2 is 2.15 bits per heavy atom. The number of aryl methyl sites for hydroxylation is 2. The smallest absolute Gasteiger partial charge is 0.264 e. The summed E-state index contributed by atoms with van der Waals surface area (Å²) in [7, 11) is 0. The summed E-state index contributed by atoms with van der Waals surface area (Å²) in [6.07, 6.45) is 0. The first-order valence-electron chi connectivity index (χ1n) is 5.97. The minimum atomic E-state index is -0.138. The SMILES string of the molecule is Cc1sc2nc(SCc3cc(=O)[nH][nH]3)nc(N)c2c1C. The summed E-state index contributed by atoms with van der Waals surface area (Å²) in [6, 6.07) is 1.52. The van der Waals surface area contributed by atoms with E-state index in [0.717, 1.165) is 21.5 Å². The highest BCUT2D eigenvalue weighted by Gasteiger charge is 2.13. The van der Waals surface area contributed by atoms with E-state index < -0.39 is 0 Å². The number of hydrogen-bond donors (Lipinski definition) is 3. The molecule has 0 aliphatic rings. The van der Waals surface area contributed by atoms with Gasteiger partial charge in [0, 0.05) is 22.4 Å². The Bertz CT molecular complexity index is 832. The number of anilines is 1. The number of nitrogens with one attached hydrogen (secondary N) is 2. The van der Waals surface area contributed by atoms with Crippen LogP contribution in [0.2, 0.25) is 0 Å². The van der Waals surface area contributed by atoms with Crippen molar-refractivity contribution >= 4 is 39.1 Å². The summed E-state index contributed by atoms with van der Waals surface area (Å²) in [5.41, 5.74) is 7.84. The van der Waals surface area contributed by atoms with Crippen LogP contribution in [0.5, 0.6) is 0 Å². The zero-order valence-corrected chi connectivity index (χ0v) is 12.6. The summed E-state index contributed by atoms with van der Waals surface area (Å²) in [6.45, 7) is 4.09. The molecule has 0 amide bonds. The fourth-order valence-electron chi connectivity index (χ4n) is 1.92. The molecule has 4 N–H and O–H groups in total. The van der Waals surface area contributed by atoms with Crippen LogP contribution in [0.15, 0.2) is 16.0 Å². The van der Waals surface area contributed by atoms with Gasteiger partial charge in [-0.3, -0.25) is 9.89 Å². The van der Waals surface area contributed by atoms with Gasteiger partial charge in [0.05, 0.1) is 5.39 Å². The molecule has 0 aliphatic carbocycles. The fourth-order valence-corrected chi connectivity index (χ4v) is 3.77. The summed E-state index contributed by atoms with van der Waals surface area (Å²) in [5, 5.41) is 6.87. The average molecular weight is 307 g/mol. The lowest BCUT2D eigenvalue weighted by atomic mass is 10.2. The molecule has 0 aliphatic heterocycles. The number of nitrogens with two attached hydrogens (primary N) is 1. The molecule has 3 rings (SSSR count). The molecule has 3 aromatic rings. The molecule has 0 atom stereocenters. The van der Waals surface area contributed by atoms with E-state index in [4.69, 9.17) is 5.73 Å². The number of nitrogen functional groups attached to an aromatic ring is 1. The van der Waals surface area contributed by atoms with Crippen LogP contribution in [0.3, 0.4) is 0 Å². The van der Waals surface area contributed by atoms with Gasteiger partial charge in [-0.25, -0.2) is 9.97 Å². The van der Waals surface area contributed by atoms with E-state index in [1.54, 1.807) is 11.3 Å². The van der Waals surface area contributed by atoms with Crippen LogP contribution in [0.1, 0.15) is 16.1 Å². The van der Waals surface area contributed by atoms with Gasteiger partial charge in [0.25, 0.3) is 5.56 Å². The van der Waals surface area contributed by atoms with E-state index >= 15 is 0 Å². The van der Waals surface area contributed by atoms with E-state index in [1.165, 1.54) is 22.7 Å². The zero-order chi connectivity index (χ0) is 14.3. The maximum atomic E-state index is 11.0. The summed E-state index contributed by atoms with van der Waals surface area (Å²) >= 11 is 3.07. The highest BCUT2D eigenvalue weighted by atomic mass is 32.2. The molecule has 0 saturated carbocycles. The summed E-state index contributed by atoms with van der Waals surface area (Å²) in [4.78, 5) is 22.0. The van der Waals surface area contributed by atoms with Gasteiger partial charge in [-0.2, -0.15) is 0 Å². The molecule has 20 heavy (non-hydrogen) atoms. The van der Waals surface area contributed by atoms with Gasteiger partial charge in [0.2, 0.25) is 0 Å². The van der Waals surface area contributed by atoms with Crippen molar-refractivity contribution < 1.29 is 0 Å². The van der Waals surface area contributed by atoms with Crippen LogP contribution in [0.4, 0.5) is 5.82 Å². The highest BCUT2D eigenvalue weighted by Crippen LogP contribution is 2.33. The second kappa shape index (κ2) is 4.95. The quantitative estimate of drug-likeness (QED) is 0.509. The van der Waals surface area contributed by atoms with Crippen molar-refractivity contribution in [2.45, 2.75) is 24.8 Å². The Balaban J connectivity index is 1.90. The van der Waals surface area contributed by atoms with Gasteiger partial charge in [0.1, 0.15) is 10.6 Å². The maximum Gasteiger partial charge on any atom is 0.264 e. The van der Waals surface area contributed by atoms with Gasteiger partial charge in [-0.1, -0.05) is 11.8 Å². The second-order valence-corrected chi connectivity index (χ2v) is 6.57. The van der Waals surface area contributed by atoms with Crippen LogP contribution in [-0.4, -0.2) is 20.2 Å². The Labute approximate surface area is 122 Å². The predicted octanol–water partition coefficient (Wildman–Crippen LogP) is 2.20. The molecule has 0 unspecified atom stereocenters. The Morgan fingerprint density at radius 1 is 1.35 bits per heavy atom. The third kappa shape index (κ3) is 2.32. The second-order valence-electron chi connectivity index (χ2n) is 4.43.